The lowest BCUT2D eigenvalue weighted by molar-refractivity contribution is 0.0277. The third kappa shape index (κ3) is 7.78. The number of aliphatic imine (C=N–C) groups is 1. The fourth-order valence-corrected chi connectivity index (χ4v) is 3.10. The molecular formula is C20H33N3O2. The van der Waals surface area contributed by atoms with E-state index in [4.69, 9.17) is 9.47 Å². The molecule has 0 saturated heterocycles. The smallest absolute Gasteiger partial charge is 0.190 e. The standard InChI is InChI=1S/C20H33N3O2/c1-21-20(22-14-6-16-25-19-7-4-3-5-8-19)23-15-13-17-9-11-18(24-2)12-10-17/h9-12,19H,3-8,13-16H2,1-2H3,(H2,21,22,23). The van der Waals surface area contributed by atoms with Crippen LogP contribution >= 0.6 is 0 Å². The van der Waals surface area contributed by atoms with Gasteiger partial charge in [0.05, 0.1) is 13.2 Å². The monoisotopic (exact) mass is 347 g/mol. The van der Waals surface area contributed by atoms with Gasteiger partial charge in [-0.25, -0.2) is 0 Å². The molecule has 2 rings (SSSR count). The van der Waals surface area contributed by atoms with Crippen LogP contribution in [0.25, 0.3) is 0 Å². The molecular weight excluding hydrogens is 314 g/mol. The van der Waals surface area contributed by atoms with Gasteiger partial charge in [0.25, 0.3) is 0 Å². The number of benzene rings is 1. The summed E-state index contributed by atoms with van der Waals surface area (Å²) >= 11 is 0. The highest BCUT2D eigenvalue weighted by molar-refractivity contribution is 5.79. The Bertz CT molecular complexity index is 496. The molecule has 2 N–H and O–H groups in total. The number of nitrogens with one attached hydrogen (secondary N) is 2. The van der Waals surface area contributed by atoms with E-state index in [0.717, 1.165) is 44.2 Å². The van der Waals surface area contributed by atoms with Crippen LogP contribution in [0.3, 0.4) is 0 Å². The van der Waals surface area contributed by atoms with Gasteiger partial charge in [-0.05, 0) is 43.4 Å². The SMILES string of the molecule is CN=C(NCCCOC1CCCCC1)NCCc1ccc(OC)cc1. The van der Waals surface area contributed by atoms with Gasteiger partial charge >= 0.3 is 0 Å². The molecule has 0 radical (unpaired) electrons. The highest BCUT2D eigenvalue weighted by Crippen LogP contribution is 2.20. The lowest BCUT2D eigenvalue weighted by Crippen LogP contribution is -2.39. The molecule has 0 amide bonds. The first-order valence-corrected chi connectivity index (χ1v) is 9.51. The number of methoxy groups -OCH3 is 1. The van der Waals surface area contributed by atoms with Crippen LogP contribution in [-0.4, -0.2) is 45.9 Å². The second-order valence-corrected chi connectivity index (χ2v) is 6.51. The first kappa shape index (κ1) is 19.6. The van der Waals surface area contributed by atoms with Crippen LogP contribution in [0.1, 0.15) is 44.1 Å². The molecule has 1 aliphatic rings. The maximum atomic E-state index is 5.95. The average Bonchev–Trinajstić information content (AvgIpc) is 2.67. The van der Waals surface area contributed by atoms with E-state index in [-0.39, 0.29) is 0 Å². The van der Waals surface area contributed by atoms with Crippen molar-refractivity contribution in [2.24, 2.45) is 4.99 Å². The Hall–Kier alpha value is -1.75. The Kier molecular flexibility index (Phi) is 9.19. The van der Waals surface area contributed by atoms with Crippen molar-refractivity contribution in [1.82, 2.24) is 10.6 Å². The summed E-state index contributed by atoms with van der Waals surface area (Å²) in [6.07, 6.45) is 8.96. The molecule has 1 aromatic carbocycles. The van der Waals surface area contributed by atoms with Crippen molar-refractivity contribution in [3.05, 3.63) is 29.8 Å². The van der Waals surface area contributed by atoms with Gasteiger partial charge in [-0.1, -0.05) is 31.4 Å². The molecule has 25 heavy (non-hydrogen) atoms. The molecule has 0 heterocycles. The van der Waals surface area contributed by atoms with Gasteiger partial charge in [-0.2, -0.15) is 0 Å². The van der Waals surface area contributed by atoms with Gasteiger partial charge in [0.2, 0.25) is 0 Å². The highest BCUT2D eigenvalue weighted by Gasteiger charge is 2.12. The summed E-state index contributed by atoms with van der Waals surface area (Å²) in [7, 11) is 3.49. The molecule has 1 fully saturated rings. The Morgan fingerprint density at radius 1 is 1.08 bits per heavy atom. The van der Waals surface area contributed by atoms with Crippen molar-refractivity contribution in [3.63, 3.8) is 0 Å². The van der Waals surface area contributed by atoms with E-state index < -0.39 is 0 Å². The number of nitrogens with zero attached hydrogens (tertiary/aromatic N) is 1. The number of hydrogen-bond acceptors (Lipinski definition) is 3. The van der Waals surface area contributed by atoms with Crippen LogP contribution < -0.4 is 15.4 Å². The largest absolute Gasteiger partial charge is 0.497 e. The van der Waals surface area contributed by atoms with Crippen LogP contribution in [0, 0.1) is 0 Å². The van der Waals surface area contributed by atoms with Crippen molar-refractivity contribution in [3.8, 4) is 5.75 Å². The molecule has 5 nitrogen and oxygen atoms in total. The second-order valence-electron chi connectivity index (χ2n) is 6.51. The summed E-state index contributed by atoms with van der Waals surface area (Å²) < 4.78 is 11.1. The summed E-state index contributed by atoms with van der Waals surface area (Å²) in [5.41, 5.74) is 1.28. The number of rotatable bonds is 9. The molecule has 0 unspecified atom stereocenters. The fraction of sp³-hybridized carbons (Fsp3) is 0.650. The predicted octanol–water partition coefficient (Wildman–Crippen LogP) is 3.14. The molecule has 1 aliphatic carbocycles. The van der Waals surface area contributed by atoms with E-state index in [9.17, 15) is 0 Å². The summed E-state index contributed by atoms with van der Waals surface area (Å²) in [4.78, 5) is 4.27. The summed E-state index contributed by atoms with van der Waals surface area (Å²) in [5.74, 6) is 1.75. The highest BCUT2D eigenvalue weighted by atomic mass is 16.5. The number of ether oxygens (including phenoxy) is 2. The average molecular weight is 348 g/mol. The summed E-state index contributed by atoms with van der Waals surface area (Å²) in [6.45, 7) is 2.57. The first-order valence-electron chi connectivity index (χ1n) is 9.51. The van der Waals surface area contributed by atoms with Crippen LogP contribution in [0.4, 0.5) is 0 Å². The first-order chi connectivity index (χ1) is 12.3. The number of guanidine groups is 1. The van der Waals surface area contributed by atoms with Crippen molar-refractivity contribution in [2.75, 3.05) is 33.9 Å². The minimum absolute atomic E-state index is 0.496. The number of hydrogen-bond donors (Lipinski definition) is 2. The Morgan fingerprint density at radius 3 is 2.48 bits per heavy atom. The van der Waals surface area contributed by atoms with Gasteiger partial charge in [0, 0.05) is 26.7 Å². The van der Waals surface area contributed by atoms with Gasteiger partial charge in [-0.15, -0.1) is 0 Å². The topological polar surface area (TPSA) is 54.9 Å². The van der Waals surface area contributed by atoms with Gasteiger partial charge < -0.3 is 20.1 Å². The third-order valence-corrected chi connectivity index (χ3v) is 4.61. The minimum Gasteiger partial charge on any atom is -0.497 e. The van der Waals surface area contributed by atoms with Crippen molar-refractivity contribution >= 4 is 5.96 Å². The lowest BCUT2D eigenvalue weighted by Gasteiger charge is -2.22. The third-order valence-electron chi connectivity index (χ3n) is 4.61. The van der Waals surface area contributed by atoms with E-state index in [1.54, 1.807) is 14.2 Å². The van der Waals surface area contributed by atoms with Crippen LogP contribution in [-0.2, 0) is 11.2 Å². The van der Waals surface area contributed by atoms with Crippen LogP contribution in [0.15, 0.2) is 29.3 Å². The van der Waals surface area contributed by atoms with E-state index >= 15 is 0 Å². The molecule has 1 aromatic rings. The Morgan fingerprint density at radius 2 is 1.80 bits per heavy atom. The van der Waals surface area contributed by atoms with Crippen molar-refractivity contribution < 1.29 is 9.47 Å². The van der Waals surface area contributed by atoms with Crippen LogP contribution in [0.5, 0.6) is 5.75 Å². The maximum Gasteiger partial charge on any atom is 0.190 e. The summed E-state index contributed by atoms with van der Waals surface area (Å²) in [6, 6.07) is 8.18. The zero-order valence-electron chi connectivity index (χ0n) is 15.7. The van der Waals surface area contributed by atoms with E-state index in [1.165, 1.54) is 37.7 Å². The Balaban J connectivity index is 1.54. The molecule has 5 heteroatoms. The molecule has 0 aromatic heterocycles. The van der Waals surface area contributed by atoms with E-state index in [0.29, 0.717) is 6.10 Å². The predicted molar refractivity (Wildman–Crippen MR) is 104 cm³/mol. The fourth-order valence-electron chi connectivity index (χ4n) is 3.10. The Labute approximate surface area is 152 Å². The normalized spacial score (nSPS) is 15.8. The quantitative estimate of drug-likeness (QED) is 0.409. The van der Waals surface area contributed by atoms with Gasteiger partial charge in [-0.3, -0.25) is 4.99 Å². The van der Waals surface area contributed by atoms with Gasteiger partial charge in [0.15, 0.2) is 5.96 Å². The zero-order chi connectivity index (χ0) is 17.7. The maximum absolute atomic E-state index is 5.95. The molecule has 0 atom stereocenters. The zero-order valence-corrected chi connectivity index (χ0v) is 15.7. The van der Waals surface area contributed by atoms with Crippen molar-refractivity contribution in [2.45, 2.75) is 51.0 Å². The molecule has 0 aliphatic heterocycles. The second kappa shape index (κ2) is 11.7. The molecule has 140 valence electrons. The minimum atomic E-state index is 0.496. The molecule has 0 spiro atoms. The molecule has 0 bridgehead atoms. The van der Waals surface area contributed by atoms with Crippen molar-refractivity contribution in [1.29, 1.82) is 0 Å². The van der Waals surface area contributed by atoms with E-state index in [2.05, 4.69) is 27.8 Å². The van der Waals surface area contributed by atoms with Gasteiger partial charge in [0.1, 0.15) is 5.75 Å². The van der Waals surface area contributed by atoms with E-state index in [1.807, 2.05) is 12.1 Å². The molecule has 1 saturated carbocycles. The lowest BCUT2D eigenvalue weighted by atomic mass is 9.98. The van der Waals surface area contributed by atoms with Crippen LogP contribution in [0.2, 0.25) is 0 Å². The summed E-state index contributed by atoms with van der Waals surface area (Å²) in [5, 5.41) is 6.70.